The number of thioether (sulfide) groups is 1. The Bertz CT molecular complexity index is 661. The molecule has 1 N–H and O–H groups in total. The lowest BCUT2D eigenvalue weighted by molar-refractivity contribution is -0.146. The van der Waals surface area contributed by atoms with Crippen LogP contribution in [0.1, 0.15) is 50.7 Å². The van der Waals surface area contributed by atoms with E-state index in [1.807, 2.05) is 0 Å². The summed E-state index contributed by atoms with van der Waals surface area (Å²) in [5.41, 5.74) is 2.83. The first-order valence-electron chi connectivity index (χ1n) is 9.72. The van der Waals surface area contributed by atoms with Crippen molar-refractivity contribution < 1.29 is 14.3 Å². The number of carbonyl (C=O) groups excluding carboxylic acids is 2. The van der Waals surface area contributed by atoms with Crippen LogP contribution in [0.4, 0.5) is 0 Å². The molecular formula is C21H29NO3S. The largest absolute Gasteiger partial charge is 0.455 e. The monoisotopic (exact) mass is 375 g/mol. The fraction of sp³-hybridized carbons (Fsp3) is 0.619. The highest BCUT2D eigenvalue weighted by molar-refractivity contribution is 8.00. The molecule has 3 atom stereocenters. The van der Waals surface area contributed by atoms with E-state index in [0.29, 0.717) is 11.8 Å². The average Bonchev–Trinajstić information content (AvgIpc) is 3.10. The summed E-state index contributed by atoms with van der Waals surface area (Å²) in [6, 6.07) is 6.61. The summed E-state index contributed by atoms with van der Waals surface area (Å²) >= 11 is 1.48. The van der Waals surface area contributed by atoms with Crippen LogP contribution in [0.25, 0.3) is 0 Å². The lowest BCUT2D eigenvalue weighted by Gasteiger charge is -2.34. The summed E-state index contributed by atoms with van der Waals surface area (Å²) in [4.78, 5) is 25.1. The van der Waals surface area contributed by atoms with E-state index in [-0.39, 0.29) is 30.3 Å². The number of esters is 1. The Morgan fingerprint density at radius 3 is 2.81 bits per heavy atom. The van der Waals surface area contributed by atoms with Gasteiger partial charge in [0.2, 0.25) is 0 Å². The number of ether oxygens (including phenoxy) is 1. The van der Waals surface area contributed by atoms with Gasteiger partial charge in [0.15, 0.2) is 6.61 Å². The van der Waals surface area contributed by atoms with E-state index >= 15 is 0 Å². The van der Waals surface area contributed by atoms with E-state index in [4.69, 9.17) is 4.74 Å². The molecule has 1 fully saturated rings. The van der Waals surface area contributed by atoms with Crippen molar-refractivity contribution in [2.24, 2.45) is 11.8 Å². The number of nitrogens with one attached hydrogen (secondary N) is 1. The molecule has 26 heavy (non-hydrogen) atoms. The molecule has 0 aliphatic heterocycles. The Balaban J connectivity index is 1.37. The second-order valence-electron chi connectivity index (χ2n) is 7.67. The fourth-order valence-corrected chi connectivity index (χ4v) is 4.76. The molecule has 0 spiro atoms. The van der Waals surface area contributed by atoms with E-state index < -0.39 is 0 Å². The molecule has 142 valence electrons. The van der Waals surface area contributed by atoms with Crippen molar-refractivity contribution in [3.63, 3.8) is 0 Å². The van der Waals surface area contributed by atoms with Gasteiger partial charge in [-0.1, -0.05) is 32.8 Å². The third-order valence-electron chi connectivity index (χ3n) is 5.84. The van der Waals surface area contributed by atoms with Crippen LogP contribution >= 0.6 is 11.8 Å². The summed E-state index contributed by atoms with van der Waals surface area (Å²) in [6.07, 6.45) is 6.90. The smallest absolute Gasteiger partial charge is 0.316 e. The van der Waals surface area contributed by atoms with Gasteiger partial charge in [-0.2, -0.15) is 0 Å². The van der Waals surface area contributed by atoms with Gasteiger partial charge in [0.1, 0.15) is 0 Å². The Hall–Kier alpha value is -1.49. The van der Waals surface area contributed by atoms with Gasteiger partial charge in [0.25, 0.3) is 5.91 Å². The van der Waals surface area contributed by atoms with E-state index in [9.17, 15) is 9.59 Å². The van der Waals surface area contributed by atoms with Crippen LogP contribution in [-0.4, -0.2) is 30.3 Å². The highest BCUT2D eigenvalue weighted by Gasteiger charge is 2.28. The minimum atomic E-state index is -0.337. The number of amides is 1. The maximum atomic E-state index is 12.1. The maximum Gasteiger partial charge on any atom is 0.316 e. The maximum absolute atomic E-state index is 12.1. The summed E-state index contributed by atoms with van der Waals surface area (Å²) in [5, 5.41) is 3.03. The van der Waals surface area contributed by atoms with Crippen LogP contribution < -0.4 is 5.32 Å². The molecule has 1 saturated carbocycles. The highest BCUT2D eigenvalue weighted by atomic mass is 32.2. The van der Waals surface area contributed by atoms with Crippen molar-refractivity contribution in [1.82, 2.24) is 5.32 Å². The lowest BCUT2D eigenvalue weighted by Crippen LogP contribution is -2.45. The summed E-state index contributed by atoms with van der Waals surface area (Å²) in [7, 11) is 0. The zero-order valence-corrected chi connectivity index (χ0v) is 16.6. The number of fused-ring (bicyclic) bond motifs is 1. The van der Waals surface area contributed by atoms with E-state index in [2.05, 4.69) is 37.4 Å². The van der Waals surface area contributed by atoms with Crippen molar-refractivity contribution in [3.8, 4) is 0 Å². The molecule has 5 heteroatoms. The van der Waals surface area contributed by atoms with Crippen LogP contribution in [-0.2, 0) is 27.2 Å². The molecule has 0 aromatic heterocycles. The number of benzene rings is 1. The Kier molecular flexibility index (Phi) is 6.63. The van der Waals surface area contributed by atoms with Crippen LogP contribution in [0.5, 0.6) is 0 Å². The van der Waals surface area contributed by atoms with Gasteiger partial charge in [-0.25, -0.2) is 0 Å². The number of rotatable bonds is 6. The Morgan fingerprint density at radius 1 is 1.15 bits per heavy atom. The molecule has 4 nitrogen and oxygen atoms in total. The second kappa shape index (κ2) is 8.94. The first kappa shape index (κ1) is 19.3. The van der Waals surface area contributed by atoms with Crippen LogP contribution in [0, 0.1) is 11.8 Å². The molecule has 3 rings (SSSR count). The van der Waals surface area contributed by atoms with E-state index in [1.165, 1.54) is 35.7 Å². The van der Waals surface area contributed by atoms with E-state index in [0.717, 1.165) is 30.6 Å². The predicted octanol–water partition coefficient (Wildman–Crippen LogP) is 3.75. The van der Waals surface area contributed by atoms with Crippen molar-refractivity contribution in [1.29, 1.82) is 0 Å². The molecule has 0 heterocycles. The van der Waals surface area contributed by atoms with Crippen molar-refractivity contribution in [2.45, 2.75) is 63.3 Å². The second-order valence-corrected chi connectivity index (χ2v) is 8.72. The SMILES string of the molecule is C[C@H]1[C@@H](NC(=O)COC(=O)CSc2ccc3c(c2)CCC3)CCC[C@@H]1C. The molecule has 0 bridgehead atoms. The van der Waals surface area contributed by atoms with Gasteiger partial charge < -0.3 is 10.1 Å². The molecule has 1 aromatic rings. The molecule has 0 unspecified atom stereocenters. The number of carbonyl (C=O) groups is 2. The minimum Gasteiger partial charge on any atom is -0.455 e. The molecule has 2 aliphatic rings. The Morgan fingerprint density at radius 2 is 1.96 bits per heavy atom. The van der Waals surface area contributed by atoms with Crippen molar-refractivity contribution in [2.75, 3.05) is 12.4 Å². The van der Waals surface area contributed by atoms with Gasteiger partial charge in [-0.05, 0) is 60.8 Å². The first-order valence-corrected chi connectivity index (χ1v) is 10.7. The fourth-order valence-electron chi connectivity index (χ4n) is 4.00. The number of hydrogen-bond donors (Lipinski definition) is 1. The topological polar surface area (TPSA) is 55.4 Å². The van der Waals surface area contributed by atoms with Gasteiger partial charge in [0, 0.05) is 10.9 Å². The third kappa shape index (κ3) is 5.03. The molecule has 0 saturated heterocycles. The summed E-state index contributed by atoms with van der Waals surface area (Å²) < 4.78 is 5.15. The highest BCUT2D eigenvalue weighted by Crippen LogP contribution is 2.29. The number of hydrogen-bond acceptors (Lipinski definition) is 4. The van der Waals surface area contributed by atoms with Crippen LogP contribution in [0.15, 0.2) is 23.1 Å². The number of aryl methyl sites for hydroxylation is 2. The quantitative estimate of drug-likeness (QED) is 0.608. The first-order chi connectivity index (χ1) is 12.5. The minimum absolute atomic E-state index is 0.179. The molecule has 2 aliphatic carbocycles. The average molecular weight is 376 g/mol. The summed E-state index contributed by atoms with van der Waals surface area (Å²) in [6.45, 7) is 4.24. The van der Waals surface area contributed by atoms with Gasteiger partial charge in [0.05, 0.1) is 5.75 Å². The standard InChI is InChI=1S/C21H29NO3S/c1-14-5-3-8-19(15(14)2)22-20(23)12-25-21(24)13-26-18-10-9-16-6-4-7-17(16)11-18/h9-11,14-15,19H,3-8,12-13H2,1-2H3,(H,22,23)/t14-,15+,19-/m0/s1. The molecule has 0 radical (unpaired) electrons. The molecular weight excluding hydrogens is 346 g/mol. The lowest BCUT2D eigenvalue weighted by atomic mass is 9.78. The third-order valence-corrected chi connectivity index (χ3v) is 6.81. The predicted molar refractivity (Wildman–Crippen MR) is 104 cm³/mol. The zero-order chi connectivity index (χ0) is 18.5. The Labute approximate surface area is 160 Å². The van der Waals surface area contributed by atoms with Crippen LogP contribution in [0.3, 0.4) is 0 Å². The summed E-state index contributed by atoms with van der Waals surface area (Å²) in [5.74, 6) is 0.810. The van der Waals surface area contributed by atoms with Crippen molar-refractivity contribution in [3.05, 3.63) is 29.3 Å². The molecule has 1 aromatic carbocycles. The normalized spacial score (nSPS) is 24.8. The van der Waals surface area contributed by atoms with E-state index in [1.54, 1.807) is 0 Å². The van der Waals surface area contributed by atoms with Gasteiger partial charge >= 0.3 is 5.97 Å². The van der Waals surface area contributed by atoms with Gasteiger partial charge in [-0.3, -0.25) is 9.59 Å². The zero-order valence-electron chi connectivity index (χ0n) is 15.8. The van der Waals surface area contributed by atoms with Crippen LogP contribution in [0.2, 0.25) is 0 Å². The molecule has 1 amide bonds. The van der Waals surface area contributed by atoms with Gasteiger partial charge in [-0.15, -0.1) is 11.8 Å². The van der Waals surface area contributed by atoms with Crippen molar-refractivity contribution >= 4 is 23.6 Å².